The van der Waals surface area contributed by atoms with Crippen LogP contribution in [0.25, 0.3) is 0 Å². The molecular weight excluding hydrogens is 296 g/mol. The lowest BCUT2D eigenvalue weighted by atomic mass is 10.1. The predicted molar refractivity (Wildman–Crippen MR) is 72.4 cm³/mol. The number of halogens is 1. The molecule has 0 amide bonds. The Kier molecular flexibility index (Phi) is 3.67. The Morgan fingerprint density at radius 3 is 2.56 bits per heavy atom. The molecule has 0 radical (unpaired) electrons. The van der Waals surface area contributed by atoms with Crippen molar-refractivity contribution >= 4 is 21.9 Å². The second kappa shape index (κ2) is 5.23. The largest absolute Gasteiger partial charge is 0.478 e. The fraction of sp³-hybridized carbons (Fsp3) is 0.0714. The summed E-state index contributed by atoms with van der Waals surface area (Å²) in [4.78, 5) is 10.9. The molecule has 0 fully saturated rings. The first-order chi connectivity index (χ1) is 8.58. The first-order valence-corrected chi connectivity index (χ1v) is 6.13. The Bertz CT molecular complexity index is 593. The Morgan fingerprint density at radius 2 is 1.94 bits per heavy atom. The van der Waals surface area contributed by atoms with Gasteiger partial charge in [-0.1, -0.05) is 12.1 Å². The molecule has 2 rings (SSSR count). The van der Waals surface area contributed by atoms with Crippen molar-refractivity contribution in [2.45, 2.75) is 6.92 Å². The summed E-state index contributed by atoms with van der Waals surface area (Å²) in [5.41, 5.74) is 0.960. The molecule has 0 atom stereocenters. The van der Waals surface area contributed by atoms with E-state index in [9.17, 15) is 4.79 Å². The average molecular weight is 307 g/mol. The SMILES string of the molecule is Cc1cc(Oc2ccccc2Br)ccc1C(=O)O. The molecule has 0 aromatic heterocycles. The van der Waals surface area contributed by atoms with E-state index < -0.39 is 5.97 Å². The van der Waals surface area contributed by atoms with E-state index in [0.29, 0.717) is 17.1 Å². The molecule has 2 aromatic carbocycles. The monoisotopic (exact) mass is 306 g/mol. The molecule has 0 spiro atoms. The number of para-hydroxylation sites is 1. The van der Waals surface area contributed by atoms with Crippen molar-refractivity contribution in [2.75, 3.05) is 0 Å². The number of aryl methyl sites for hydroxylation is 1. The zero-order valence-electron chi connectivity index (χ0n) is 9.68. The standard InChI is InChI=1S/C14H11BrO3/c1-9-8-10(6-7-11(9)14(16)17)18-13-5-3-2-4-12(13)15/h2-8H,1H3,(H,16,17). The van der Waals surface area contributed by atoms with Crippen molar-refractivity contribution in [3.05, 3.63) is 58.1 Å². The van der Waals surface area contributed by atoms with Crippen LogP contribution in [-0.2, 0) is 0 Å². The third kappa shape index (κ3) is 2.71. The van der Waals surface area contributed by atoms with Crippen LogP contribution in [0.5, 0.6) is 11.5 Å². The van der Waals surface area contributed by atoms with E-state index >= 15 is 0 Å². The van der Waals surface area contributed by atoms with Crippen LogP contribution in [-0.4, -0.2) is 11.1 Å². The Balaban J connectivity index is 2.29. The smallest absolute Gasteiger partial charge is 0.335 e. The highest BCUT2D eigenvalue weighted by Crippen LogP contribution is 2.30. The van der Waals surface area contributed by atoms with Gasteiger partial charge < -0.3 is 9.84 Å². The van der Waals surface area contributed by atoms with Gasteiger partial charge in [0.15, 0.2) is 0 Å². The molecule has 0 heterocycles. The molecule has 4 heteroatoms. The van der Waals surface area contributed by atoms with Crippen LogP contribution in [0, 0.1) is 6.92 Å². The quantitative estimate of drug-likeness (QED) is 0.922. The van der Waals surface area contributed by atoms with Gasteiger partial charge in [0.25, 0.3) is 0 Å². The van der Waals surface area contributed by atoms with Gasteiger partial charge in [-0.05, 0) is 58.7 Å². The summed E-state index contributed by atoms with van der Waals surface area (Å²) >= 11 is 3.39. The second-order valence-corrected chi connectivity index (χ2v) is 4.67. The molecule has 0 aliphatic rings. The number of benzene rings is 2. The third-order valence-corrected chi connectivity index (χ3v) is 3.15. The van der Waals surface area contributed by atoms with Crippen LogP contribution < -0.4 is 4.74 Å². The van der Waals surface area contributed by atoms with E-state index in [1.54, 1.807) is 25.1 Å². The maximum atomic E-state index is 10.9. The van der Waals surface area contributed by atoms with Gasteiger partial charge >= 0.3 is 5.97 Å². The topological polar surface area (TPSA) is 46.5 Å². The Hall–Kier alpha value is -1.81. The van der Waals surface area contributed by atoms with Gasteiger partial charge in [-0.15, -0.1) is 0 Å². The summed E-state index contributed by atoms with van der Waals surface area (Å²) in [5.74, 6) is 0.379. The minimum atomic E-state index is -0.931. The lowest BCUT2D eigenvalue weighted by Gasteiger charge is -2.09. The van der Waals surface area contributed by atoms with Gasteiger partial charge in [0.2, 0.25) is 0 Å². The average Bonchev–Trinajstić information content (AvgIpc) is 2.32. The van der Waals surface area contributed by atoms with E-state index in [-0.39, 0.29) is 5.56 Å². The number of hydrogen-bond acceptors (Lipinski definition) is 2. The number of carboxylic acids is 1. The first kappa shape index (κ1) is 12.6. The van der Waals surface area contributed by atoms with E-state index in [1.165, 1.54) is 0 Å². The lowest BCUT2D eigenvalue weighted by molar-refractivity contribution is 0.0696. The fourth-order valence-corrected chi connectivity index (χ4v) is 1.96. The number of rotatable bonds is 3. The maximum Gasteiger partial charge on any atom is 0.335 e. The molecule has 0 saturated carbocycles. The summed E-state index contributed by atoms with van der Waals surface area (Å²) in [7, 11) is 0. The minimum absolute atomic E-state index is 0.287. The molecule has 0 aliphatic heterocycles. The van der Waals surface area contributed by atoms with Crippen LogP contribution in [0.1, 0.15) is 15.9 Å². The molecule has 0 saturated heterocycles. The molecule has 3 nitrogen and oxygen atoms in total. The molecular formula is C14H11BrO3. The van der Waals surface area contributed by atoms with Crippen molar-refractivity contribution in [1.82, 2.24) is 0 Å². The molecule has 2 aromatic rings. The number of carbonyl (C=O) groups is 1. The van der Waals surface area contributed by atoms with Crippen LogP contribution in [0.4, 0.5) is 0 Å². The molecule has 18 heavy (non-hydrogen) atoms. The van der Waals surface area contributed by atoms with Crippen molar-refractivity contribution in [3.8, 4) is 11.5 Å². The van der Waals surface area contributed by atoms with Crippen LogP contribution in [0.2, 0.25) is 0 Å². The highest BCUT2D eigenvalue weighted by molar-refractivity contribution is 9.10. The predicted octanol–water partition coefficient (Wildman–Crippen LogP) is 4.25. The van der Waals surface area contributed by atoms with Gasteiger partial charge in [0.05, 0.1) is 10.0 Å². The van der Waals surface area contributed by atoms with E-state index in [0.717, 1.165) is 4.47 Å². The zero-order chi connectivity index (χ0) is 13.1. The van der Waals surface area contributed by atoms with E-state index in [2.05, 4.69) is 15.9 Å². The van der Waals surface area contributed by atoms with Crippen molar-refractivity contribution in [1.29, 1.82) is 0 Å². The molecule has 0 unspecified atom stereocenters. The highest BCUT2D eigenvalue weighted by atomic mass is 79.9. The fourth-order valence-electron chi connectivity index (χ4n) is 1.59. The zero-order valence-corrected chi connectivity index (χ0v) is 11.3. The highest BCUT2D eigenvalue weighted by Gasteiger charge is 2.08. The van der Waals surface area contributed by atoms with Gasteiger partial charge in [-0.3, -0.25) is 0 Å². The van der Waals surface area contributed by atoms with Gasteiger partial charge in [-0.25, -0.2) is 4.79 Å². The summed E-state index contributed by atoms with van der Waals surface area (Å²) in [6.45, 7) is 1.75. The minimum Gasteiger partial charge on any atom is -0.478 e. The number of ether oxygens (including phenoxy) is 1. The maximum absolute atomic E-state index is 10.9. The summed E-state index contributed by atoms with van der Waals surface area (Å²) in [6.07, 6.45) is 0. The normalized spacial score (nSPS) is 10.1. The Morgan fingerprint density at radius 1 is 1.22 bits per heavy atom. The summed E-state index contributed by atoms with van der Waals surface area (Å²) in [5, 5.41) is 8.94. The second-order valence-electron chi connectivity index (χ2n) is 3.81. The number of carboxylic acid groups (broad SMARTS) is 1. The molecule has 0 bridgehead atoms. The number of hydrogen-bond donors (Lipinski definition) is 1. The first-order valence-electron chi connectivity index (χ1n) is 5.34. The summed E-state index contributed by atoms with van der Waals surface area (Å²) < 4.78 is 6.54. The molecule has 92 valence electrons. The third-order valence-electron chi connectivity index (χ3n) is 2.49. The van der Waals surface area contributed by atoms with Crippen LogP contribution in [0.3, 0.4) is 0 Å². The van der Waals surface area contributed by atoms with Gasteiger partial charge in [0, 0.05) is 0 Å². The summed E-state index contributed by atoms with van der Waals surface area (Å²) in [6, 6.07) is 12.4. The molecule has 1 N–H and O–H groups in total. The van der Waals surface area contributed by atoms with E-state index in [1.807, 2.05) is 24.3 Å². The van der Waals surface area contributed by atoms with Crippen molar-refractivity contribution < 1.29 is 14.6 Å². The van der Waals surface area contributed by atoms with Crippen LogP contribution in [0.15, 0.2) is 46.9 Å². The lowest BCUT2D eigenvalue weighted by Crippen LogP contribution is -1.99. The van der Waals surface area contributed by atoms with Crippen molar-refractivity contribution in [2.24, 2.45) is 0 Å². The van der Waals surface area contributed by atoms with E-state index in [4.69, 9.17) is 9.84 Å². The van der Waals surface area contributed by atoms with Gasteiger partial charge in [0.1, 0.15) is 11.5 Å². The van der Waals surface area contributed by atoms with Crippen LogP contribution >= 0.6 is 15.9 Å². The Labute approximate surface area is 113 Å². The molecule has 0 aliphatic carbocycles. The van der Waals surface area contributed by atoms with Crippen molar-refractivity contribution in [3.63, 3.8) is 0 Å². The van der Waals surface area contributed by atoms with Gasteiger partial charge in [-0.2, -0.15) is 0 Å². The number of aromatic carboxylic acids is 1.